The van der Waals surface area contributed by atoms with Crippen molar-refractivity contribution in [2.45, 2.75) is 32.9 Å². The number of nitro groups is 1. The molecule has 20 heavy (non-hydrogen) atoms. The molecule has 0 bridgehead atoms. The number of rotatable bonds is 2. The Labute approximate surface area is 117 Å². The fraction of sp³-hybridized carbons (Fsp3) is 0.500. The van der Waals surface area contributed by atoms with Gasteiger partial charge in [-0.25, -0.2) is 0 Å². The average Bonchev–Trinajstić information content (AvgIpc) is 2.41. The van der Waals surface area contributed by atoms with E-state index in [0.29, 0.717) is 17.7 Å². The van der Waals surface area contributed by atoms with Crippen LogP contribution in [0.4, 0.5) is 5.69 Å². The zero-order valence-electron chi connectivity index (χ0n) is 11.9. The van der Waals surface area contributed by atoms with Crippen molar-refractivity contribution < 1.29 is 9.72 Å². The largest absolute Gasteiger partial charge is 0.333 e. The third kappa shape index (κ3) is 2.65. The van der Waals surface area contributed by atoms with Crippen molar-refractivity contribution in [1.29, 1.82) is 0 Å². The molecule has 0 aliphatic carbocycles. The molecule has 0 radical (unpaired) electrons. The highest BCUT2D eigenvalue weighted by molar-refractivity contribution is 5.95. The summed E-state index contributed by atoms with van der Waals surface area (Å²) in [6.07, 6.45) is 0. The van der Waals surface area contributed by atoms with Crippen molar-refractivity contribution in [3.8, 4) is 0 Å². The zero-order chi connectivity index (χ0) is 14.9. The van der Waals surface area contributed by atoms with Gasteiger partial charge in [0, 0.05) is 42.4 Å². The molecule has 1 saturated heterocycles. The number of piperazine rings is 1. The molecule has 1 aliphatic rings. The summed E-state index contributed by atoms with van der Waals surface area (Å²) in [4.78, 5) is 24.8. The van der Waals surface area contributed by atoms with Gasteiger partial charge in [0.25, 0.3) is 11.6 Å². The van der Waals surface area contributed by atoms with E-state index in [-0.39, 0.29) is 23.7 Å². The summed E-state index contributed by atoms with van der Waals surface area (Å²) in [5.74, 6) is -0.144. The van der Waals surface area contributed by atoms with Gasteiger partial charge in [0.15, 0.2) is 0 Å². The normalized spacial score (nSPS) is 22.6. The molecule has 1 aromatic rings. The van der Waals surface area contributed by atoms with Crippen LogP contribution in [0, 0.1) is 17.0 Å². The van der Waals surface area contributed by atoms with Gasteiger partial charge in [-0.15, -0.1) is 0 Å². The minimum absolute atomic E-state index is 0.00770. The summed E-state index contributed by atoms with van der Waals surface area (Å²) in [7, 11) is 0. The Morgan fingerprint density at radius 1 is 1.45 bits per heavy atom. The molecule has 1 aromatic carbocycles. The quantitative estimate of drug-likeness (QED) is 0.659. The second kappa shape index (κ2) is 5.58. The zero-order valence-corrected chi connectivity index (χ0v) is 11.9. The van der Waals surface area contributed by atoms with Gasteiger partial charge >= 0.3 is 0 Å². The fourth-order valence-electron chi connectivity index (χ4n) is 2.45. The van der Waals surface area contributed by atoms with Crippen molar-refractivity contribution in [2.24, 2.45) is 0 Å². The number of nitrogens with zero attached hydrogens (tertiary/aromatic N) is 2. The molecule has 0 saturated carbocycles. The molecule has 1 aliphatic heterocycles. The fourth-order valence-corrected chi connectivity index (χ4v) is 2.45. The standard InChI is InChI=1S/C14H19N3O3/c1-9-4-5-12(8-13(9)17(19)20)14(18)16-7-6-15-10(2)11(16)3/h4-5,8,10-11,15H,6-7H2,1-3H3. The maximum Gasteiger partial charge on any atom is 0.273 e. The number of benzene rings is 1. The van der Waals surface area contributed by atoms with Gasteiger partial charge in [0.1, 0.15) is 0 Å². The number of hydrogen-bond donors (Lipinski definition) is 1. The van der Waals surface area contributed by atoms with Gasteiger partial charge in [0.2, 0.25) is 0 Å². The van der Waals surface area contributed by atoms with Gasteiger partial charge in [-0.05, 0) is 26.8 Å². The molecule has 1 N–H and O–H groups in total. The van der Waals surface area contributed by atoms with Crippen LogP contribution in [0.1, 0.15) is 29.8 Å². The SMILES string of the molecule is Cc1ccc(C(=O)N2CCNC(C)C2C)cc1[N+](=O)[O-]. The Kier molecular flexibility index (Phi) is 4.04. The van der Waals surface area contributed by atoms with Crippen molar-refractivity contribution in [1.82, 2.24) is 10.2 Å². The number of nitrogens with one attached hydrogen (secondary N) is 1. The van der Waals surface area contributed by atoms with Crippen molar-refractivity contribution in [3.63, 3.8) is 0 Å². The predicted molar refractivity (Wildman–Crippen MR) is 75.8 cm³/mol. The molecule has 6 heteroatoms. The van der Waals surface area contributed by atoms with Crippen LogP contribution < -0.4 is 5.32 Å². The van der Waals surface area contributed by atoms with Crippen LogP contribution in [0.5, 0.6) is 0 Å². The summed E-state index contributed by atoms with van der Waals surface area (Å²) in [6, 6.07) is 4.94. The van der Waals surface area contributed by atoms with Crippen LogP contribution in [-0.2, 0) is 0 Å². The van der Waals surface area contributed by atoms with Crippen LogP contribution in [-0.4, -0.2) is 40.9 Å². The molecule has 2 rings (SSSR count). The van der Waals surface area contributed by atoms with Gasteiger partial charge in [0.05, 0.1) is 4.92 Å². The van der Waals surface area contributed by atoms with E-state index >= 15 is 0 Å². The maximum absolute atomic E-state index is 12.5. The van der Waals surface area contributed by atoms with Gasteiger partial charge in [-0.3, -0.25) is 14.9 Å². The summed E-state index contributed by atoms with van der Waals surface area (Å²) >= 11 is 0. The Morgan fingerprint density at radius 2 is 2.15 bits per heavy atom. The highest BCUT2D eigenvalue weighted by atomic mass is 16.6. The van der Waals surface area contributed by atoms with Crippen molar-refractivity contribution in [3.05, 3.63) is 39.4 Å². The Morgan fingerprint density at radius 3 is 2.80 bits per heavy atom. The molecule has 6 nitrogen and oxygen atoms in total. The summed E-state index contributed by atoms with van der Waals surface area (Å²) in [5.41, 5.74) is 0.934. The van der Waals surface area contributed by atoms with Gasteiger partial charge in [-0.1, -0.05) is 6.07 Å². The second-order valence-electron chi connectivity index (χ2n) is 5.24. The van der Waals surface area contributed by atoms with E-state index in [9.17, 15) is 14.9 Å². The van der Waals surface area contributed by atoms with E-state index in [1.54, 1.807) is 24.0 Å². The maximum atomic E-state index is 12.5. The molecule has 1 fully saturated rings. The lowest BCUT2D eigenvalue weighted by Crippen LogP contribution is -2.57. The lowest BCUT2D eigenvalue weighted by Gasteiger charge is -2.38. The number of amides is 1. The number of hydrogen-bond acceptors (Lipinski definition) is 4. The molecule has 1 heterocycles. The Hall–Kier alpha value is -1.95. The Balaban J connectivity index is 2.29. The molecule has 108 valence electrons. The summed E-state index contributed by atoms with van der Waals surface area (Å²) in [5, 5.41) is 14.3. The van der Waals surface area contributed by atoms with Crippen molar-refractivity contribution in [2.75, 3.05) is 13.1 Å². The highest BCUT2D eigenvalue weighted by Gasteiger charge is 2.29. The smallest absolute Gasteiger partial charge is 0.273 e. The first-order valence-corrected chi connectivity index (χ1v) is 6.71. The first-order valence-electron chi connectivity index (χ1n) is 6.71. The molecule has 1 amide bonds. The van der Waals surface area contributed by atoms with E-state index in [0.717, 1.165) is 6.54 Å². The van der Waals surface area contributed by atoms with E-state index < -0.39 is 4.92 Å². The molecular formula is C14H19N3O3. The first-order chi connectivity index (χ1) is 9.41. The van der Waals surface area contributed by atoms with Crippen LogP contribution in [0.2, 0.25) is 0 Å². The topological polar surface area (TPSA) is 75.5 Å². The lowest BCUT2D eigenvalue weighted by atomic mass is 10.0. The van der Waals surface area contributed by atoms with E-state index in [1.165, 1.54) is 6.07 Å². The predicted octanol–water partition coefficient (Wildman–Crippen LogP) is 1.73. The molecule has 2 atom stereocenters. The van der Waals surface area contributed by atoms with E-state index in [1.807, 2.05) is 13.8 Å². The van der Waals surface area contributed by atoms with Crippen LogP contribution in [0.15, 0.2) is 18.2 Å². The first kappa shape index (κ1) is 14.5. The second-order valence-corrected chi connectivity index (χ2v) is 5.24. The summed E-state index contributed by atoms with van der Waals surface area (Å²) in [6.45, 7) is 7.04. The molecule has 0 aromatic heterocycles. The van der Waals surface area contributed by atoms with Crippen LogP contribution in [0.3, 0.4) is 0 Å². The summed E-state index contributed by atoms with van der Waals surface area (Å²) < 4.78 is 0. The monoisotopic (exact) mass is 277 g/mol. The third-order valence-corrected chi connectivity index (χ3v) is 3.95. The van der Waals surface area contributed by atoms with Crippen LogP contribution in [0.25, 0.3) is 0 Å². The molecular weight excluding hydrogens is 258 g/mol. The average molecular weight is 277 g/mol. The molecule has 0 spiro atoms. The minimum atomic E-state index is -0.448. The minimum Gasteiger partial charge on any atom is -0.333 e. The van der Waals surface area contributed by atoms with Gasteiger partial charge < -0.3 is 10.2 Å². The lowest BCUT2D eigenvalue weighted by molar-refractivity contribution is -0.385. The number of nitro benzene ring substituents is 1. The number of aryl methyl sites for hydroxylation is 1. The highest BCUT2D eigenvalue weighted by Crippen LogP contribution is 2.21. The van der Waals surface area contributed by atoms with E-state index in [2.05, 4.69) is 5.32 Å². The van der Waals surface area contributed by atoms with Crippen molar-refractivity contribution >= 4 is 11.6 Å². The number of carbonyl (C=O) groups is 1. The Bertz CT molecular complexity index is 544. The molecule has 2 unspecified atom stereocenters. The van der Waals surface area contributed by atoms with Crippen LogP contribution >= 0.6 is 0 Å². The van der Waals surface area contributed by atoms with Gasteiger partial charge in [-0.2, -0.15) is 0 Å². The number of carbonyl (C=O) groups excluding carboxylic acids is 1. The van der Waals surface area contributed by atoms with E-state index in [4.69, 9.17) is 0 Å². The third-order valence-electron chi connectivity index (χ3n) is 3.95.